The molecule has 2 heterocycles. The van der Waals surface area contributed by atoms with E-state index in [0.717, 1.165) is 41.5 Å². The Morgan fingerprint density at radius 1 is 1.29 bits per heavy atom. The molecule has 0 aliphatic carbocycles. The van der Waals surface area contributed by atoms with Crippen LogP contribution in [0.3, 0.4) is 0 Å². The largest absolute Gasteiger partial charge is 0.466 e. The number of carbonyl (C=O) groups excluding carboxylic acids is 1. The first-order valence-corrected chi connectivity index (χ1v) is 7.33. The first-order valence-electron chi connectivity index (χ1n) is 7.33. The first kappa shape index (κ1) is 14.1. The summed E-state index contributed by atoms with van der Waals surface area (Å²) in [7, 11) is 1.43. The molecule has 0 spiro atoms. The lowest BCUT2D eigenvalue weighted by Crippen LogP contribution is -2.26. The summed E-state index contributed by atoms with van der Waals surface area (Å²) in [5.74, 6) is -0.265. The monoisotopic (exact) mass is 284 g/mol. The van der Waals surface area contributed by atoms with E-state index in [2.05, 4.69) is 30.8 Å². The second-order valence-corrected chi connectivity index (χ2v) is 5.77. The van der Waals surface area contributed by atoms with Crippen LogP contribution in [-0.4, -0.2) is 25.3 Å². The summed E-state index contributed by atoms with van der Waals surface area (Å²) in [6, 6.07) is 8.23. The smallest absolute Gasteiger partial charge is 0.336 e. The van der Waals surface area contributed by atoms with Crippen molar-refractivity contribution in [3.05, 3.63) is 47.5 Å². The standard InChI is InChI=1S/C18H20O3/c1-11(2)12-4-6-13(7-5-12)15-10-14-8-9-16(21-14)17(15)18(19)20-3/h4-7,14,16H,1,8-10H2,2-3H3/t14?,16-/m0/s1. The molecule has 1 unspecified atom stereocenters. The van der Waals surface area contributed by atoms with Gasteiger partial charge in [0.05, 0.1) is 24.9 Å². The Hall–Kier alpha value is -1.87. The maximum Gasteiger partial charge on any atom is 0.336 e. The molecule has 3 heteroatoms. The van der Waals surface area contributed by atoms with Crippen LogP contribution in [-0.2, 0) is 14.3 Å². The average Bonchev–Trinajstić information content (AvgIpc) is 2.88. The second-order valence-electron chi connectivity index (χ2n) is 5.77. The number of benzene rings is 1. The molecule has 2 atom stereocenters. The van der Waals surface area contributed by atoms with Crippen molar-refractivity contribution in [3.8, 4) is 0 Å². The second kappa shape index (κ2) is 5.49. The number of ether oxygens (including phenoxy) is 2. The van der Waals surface area contributed by atoms with E-state index >= 15 is 0 Å². The van der Waals surface area contributed by atoms with Crippen molar-refractivity contribution in [2.24, 2.45) is 0 Å². The molecule has 1 saturated heterocycles. The summed E-state index contributed by atoms with van der Waals surface area (Å²) in [6.45, 7) is 5.94. The molecule has 1 fully saturated rings. The van der Waals surface area contributed by atoms with Gasteiger partial charge in [-0.2, -0.15) is 0 Å². The van der Waals surface area contributed by atoms with Crippen LogP contribution in [0, 0.1) is 0 Å². The maximum atomic E-state index is 12.1. The van der Waals surface area contributed by atoms with Gasteiger partial charge >= 0.3 is 5.97 Å². The summed E-state index contributed by atoms with van der Waals surface area (Å²) in [4.78, 5) is 12.1. The van der Waals surface area contributed by atoms with Crippen LogP contribution in [0.25, 0.3) is 11.1 Å². The van der Waals surface area contributed by atoms with E-state index in [-0.39, 0.29) is 18.2 Å². The normalized spacial score (nSPS) is 24.1. The Balaban J connectivity index is 2.03. The molecule has 1 aromatic carbocycles. The molecule has 110 valence electrons. The molecule has 1 aromatic rings. The van der Waals surface area contributed by atoms with Gasteiger partial charge in [0.15, 0.2) is 0 Å². The van der Waals surface area contributed by atoms with Gasteiger partial charge < -0.3 is 9.47 Å². The molecule has 0 amide bonds. The Morgan fingerprint density at radius 3 is 2.62 bits per heavy atom. The fourth-order valence-electron chi connectivity index (χ4n) is 3.19. The molecule has 2 aliphatic heterocycles. The highest BCUT2D eigenvalue weighted by Crippen LogP contribution is 2.41. The quantitative estimate of drug-likeness (QED) is 0.796. The lowest BCUT2D eigenvalue weighted by molar-refractivity contribution is -0.137. The van der Waals surface area contributed by atoms with Gasteiger partial charge in [-0.1, -0.05) is 36.4 Å². The molecular weight excluding hydrogens is 264 g/mol. The molecule has 2 bridgehead atoms. The molecule has 3 nitrogen and oxygen atoms in total. The van der Waals surface area contributed by atoms with E-state index < -0.39 is 0 Å². The van der Waals surface area contributed by atoms with Crippen LogP contribution >= 0.6 is 0 Å². The zero-order valence-electron chi connectivity index (χ0n) is 12.5. The van der Waals surface area contributed by atoms with Crippen LogP contribution in [0.5, 0.6) is 0 Å². The van der Waals surface area contributed by atoms with Crippen molar-refractivity contribution in [2.75, 3.05) is 7.11 Å². The van der Waals surface area contributed by atoms with Crippen molar-refractivity contribution in [1.29, 1.82) is 0 Å². The highest BCUT2D eigenvalue weighted by molar-refractivity contribution is 5.99. The summed E-state index contributed by atoms with van der Waals surface area (Å²) in [5, 5.41) is 0. The molecule has 2 aliphatic rings. The average molecular weight is 284 g/mol. The van der Waals surface area contributed by atoms with Crippen LogP contribution in [0.2, 0.25) is 0 Å². The number of methoxy groups -OCH3 is 1. The minimum Gasteiger partial charge on any atom is -0.466 e. The fourth-order valence-corrected chi connectivity index (χ4v) is 3.19. The Labute approximate surface area is 125 Å². The zero-order chi connectivity index (χ0) is 15.0. The highest BCUT2D eigenvalue weighted by atomic mass is 16.5. The van der Waals surface area contributed by atoms with Gasteiger partial charge in [-0.15, -0.1) is 0 Å². The Kier molecular flexibility index (Phi) is 3.68. The van der Waals surface area contributed by atoms with Crippen molar-refractivity contribution in [2.45, 2.75) is 38.4 Å². The molecule has 3 rings (SSSR count). The predicted molar refractivity (Wildman–Crippen MR) is 82.6 cm³/mol. The van der Waals surface area contributed by atoms with E-state index in [1.165, 1.54) is 7.11 Å². The zero-order valence-corrected chi connectivity index (χ0v) is 12.5. The van der Waals surface area contributed by atoms with Crippen molar-refractivity contribution in [3.63, 3.8) is 0 Å². The van der Waals surface area contributed by atoms with E-state index in [9.17, 15) is 4.79 Å². The van der Waals surface area contributed by atoms with Crippen LogP contribution in [0.4, 0.5) is 0 Å². The lowest BCUT2D eigenvalue weighted by atomic mass is 9.91. The van der Waals surface area contributed by atoms with E-state index in [0.29, 0.717) is 5.57 Å². The summed E-state index contributed by atoms with van der Waals surface area (Å²) < 4.78 is 10.8. The first-order chi connectivity index (χ1) is 10.1. The number of hydrogen-bond donors (Lipinski definition) is 0. The van der Waals surface area contributed by atoms with Gasteiger partial charge in [0.2, 0.25) is 0 Å². The van der Waals surface area contributed by atoms with E-state index in [1.54, 1.807) is 0 Å². The van der Waals surface area contributed by atoms with Crippen LogP contribution in [0.1, 0.15) is 37.3 Å². The Morgan fingerprint density at radius 2 is 2.00 bits per heavy atom. The lowest BCUT2D eigenvalue weighted by Gasteiger charge is -2.26. The van der Waals surface area contributed by atoms with Gasteiger partial charge in [-0.05, 0) is 42.9 Å². The third-order valence-electron chi connectivity index (χ3n) is 4.32. The molecule has 0 saturated carbocycles. The van der Waals surface area contributed by atoms with Gasteiger partial charge in [0, 0.05) is 0 Å². The molecule has 21 heavy (non-hydrogen) atoms. The number of hydrogen-bond acceptors (Lipinski definition) is 3. The number of allylic oxidation sites excluding steroid dienone is 1. The highest BCUT2D eigenvalue weighted by Gasteiger charge is 2.39. The minimum absolute atomic E-state index is 0.105. The summed E-state index contributed by atoms with van der Waals surface area (Å²) in [6.07, 6.45) is 2.83. The summed E-state index contributed by atoms with van der Waals surface area (Å²) >= 11 is 0. The third-order valence-corrected chi connectivity index (χ3v) is 4.32. The topological polar surface area (TPSA) is 35.5 Å². The molecule has 0 aromatic heterocycles. The molecule has 0 radical (unpaired) electrons. The van der Waals surface area contributed by atoms with Crippen LogP contribution in [0.15, 0.2) is 36.4 Å². The van der Waals surface area contributed by atoms with Gasteiger partial charge in [-0.25, -0.2) is 4.79 Å². The minimum atomic E-state index is -0.265. The maximum absolute atomic E-state index is 12.1. The summed E-state index contributed by atoms with van der Waals surface area (Å²) in [5.41, 5.74) is 5.02. The fraction of sp³-hybridized carbons (Fsp3) is 0.389. The molecule has 0 N–H and O–H groups in total. The van der Waals surface area contributed by atoms with Crippen molar-refractivity contribution >= 4 is 17.1 Å². The Bertz CT molecular complexity index is 610. The SMILES string of the molecule is C=C(C)c1ccc(C2=C(C(=O)OC)[C@@H]3CCC(C2)O3)cc1. The van der Waals surface area contributed by atoms with Gasteiger partial charge in [-0.3, -0.25) is 0 Å². The van der Waals surface area contributed by atoms with Crippen molar-refractivity contribution in [1.82, 2.24) is 0 Å². The van der Waals surface area contributed by atoms with Crippen molar-refractivity contribution < 1.29 is 14.3 Å². The van der Waals surface area contributed by atoms with Crippen LogP contribution < -0.4 is 0 Å². The number of rotatable bonds is 3. The predicted octanol–water partition coefficient (Wildman–Crippen LogP) is 3.60. The van der Waals surface area contributed by atoms with E-state index in [4.69, 9.17) is 9.47 Å². The third kappa shape index (κ3) is 2.54. The van der Waals surface area contributed by atoms with E-state index in [1.807, 2.05) is 6.92 Å². The number of esters is 1. The number of fused-ring (bicyclic) bond motifs is 2. The number of carbonyl (C=O) groups is 1. The van der Waals surface area contributed by atoms with Gasteiger partial charge in [0.25, 0.3) is 0 Å². The molecular formula is C18H20O3. The van der Waals surface area contributed by atoms with Gasteiger partial charge in [0.1, 0.15) is 0 Å².